The highest BCUT2D eigenvalue weighted by atomic mass is 16.3. The summed E-state index contributed by atoms with van der Waals surface area (Å²) in [6.45, 7) is 0. The number of para-hydroxylation sites is 2. The summed E-state index contributed by atoms with van der Waals surface area (Å²) in [5.74, 6) is 0. The predicted octanol–water partition coefficient (Wildman–Crippen LogP) is 15.4. The summed E-state index contributed by atoms with van der Waals surface area (Å²) in [5, 5.41) is 12.2. The quantitative estimate of drug-likeness (QED) is 0.173. The lowest BCUT2D eigenvalue weighted by atomic mass is 10.0. The molecule has 0 saturated heterocycles. The van der Waals surface area contributed by atoms with E-state index in [0.717, 1.165) is 55.1 Å². The van der Waals surface area contributed by atoms with Gasteiger partial charge in [-0.2, -0.15) is 0 Å². The van der Waals surface area contributed by atoms with Gasteiger partial charge in [0.05, 0.1) is 32.8 Å². The summed E-state index contributed by atoms with van der Waals surface area (Å²) in [5.41, 5.74) is 19.2. The van der Waals surface area contributed by atoms with Crippen molar-refractivity contribution in [3.63, 3.8) is 0 Å². The van der Waals surface area contributed by atoms with E-state index in [1.807, 2.05) is 0 Å². The highest BCUT2D eigenvalue weighted by Crippen LogP contribution is 2.51. The molecule has 0 bridgehead atoms. The van der Waals surface area contributed by atoms with Gasteiger partial charge in [0.1, 0.15) is 11.2 Å². The molecule has 59 heavy (non-hydrogen) atoms. The van der Waals surface area contributed by atoms with Crippen LogP contribution < -0.4 is 0 Å². The van der Waals surface area contributed by atoms with Crippen LogP contribution in [0.2, 0.25) is 0 Å². The maximum atomic E-state index is 7.28. The molecule has 10 aromatic carbocycles. The molecule has 0 spiro atoms. The Morgan fingerprint density at radius 1 is 0.271 bits per heavy atom. The van der Waals surface area contributed by atoms with Gasteiger partial charge in [-0.25, -0.2) is 0 Å². The third kappa shape index (κ3) is 3.66. The van der Waals surface area contributed by atoms with Crippen molar-refractivity contribution < 1.29 is 4.42 Å². The normalized spacial score (nSPS) is 12.7. The molecule has 0 atom stereocenters. The number of nitrogens with zero attached hydrogens (tertiary/aromatic N) is 2. The number of aromatic nitrogens is 2. The van der Waals surface area contributed by atoms with Gasteiger partial charge in [0.2, 0.25) is 0 Å². The van der Waals surface area contributed by atoms with Crippen molar-refractivity contribution in [3.8, 4) is 55.9 Å². The highest BCUT2D eigenvalue weighted by Gasteiger charge is 2.26. The molecule has 0 saturated carbocycles. The van der Waals surface area contributed by atoms with E-state index in [9.17, 15) is 0 Å². The Morgan fingerprint density at radius 3 is 1.15 bits per heavy atom. The van der Waals surface area contributed by atoms with E-state index in [1.165, 1.54) is 87.9 Å². The minimum absolute atomic E-state index is 0.929. The molecule has 3 heterocycles. The SMILES string of the molecule is c1cc2c3c(cccc3c1)-c1cc(-n3c4ccccc4c4c5oc6c(ccc7c6c6ccccc6n7-c6ccc7c(c6)-c6cccc8cccc-7c68)c5ccc43)ccc1-2. The lowest BCUT2D eigenvalue weighted by molar-refractivity contribution is 0.677. The highest BCUT2D eigenvalue weighted by molar-refractivity contribution is 6.29. The molecule has 0 aliphatic heterocycles. The summed E-state index contributed by atoms with van der Waals surface area (Å²) < 4.78 is 12.1. The Balaban J connectivity index is 0.974. The van der Waals surface area contributed by atoms with Crippen LogP contribution in [-0.2, 0) is 0 Å². The molecule has 13 aromatic rings. The van der Waals surface area contributed by atoms with Gasteiger partial charge in [0.15, 0.2) is 0 Å². The van der Waals surface area contributed by atoms with E-state index in [4.69, 9.17) is 4.42 Å². The summed E-state index contributed by atoms with van der Waals surface area (Å²) in [4.78, 5) is 0. The second kappa shape index (κ2) is 10.5. The van der Waals surface area contributed by atoms with Crippen LogP contribution in [0.5, 0.6) is 0 Å². The molecular weight excluding hydrogens is 717 g/mol. The van der Waals surface area contributed by atoms with Crippen molar-refractivity contribution in [2.24, 2.45) is 0 Å². The lowest BCUT2D eigenvalue weighted by Gasteiger charge is -2.11. The molecule has 0 radical (unpaired) electrons. The van der Waals surface area contributed by atoms with Crippen LogP contribution in [0.15, 0.2) is 186 Å². The minimum atomic E-state index is 0.929. The van der Waals surface area contributed by atoms with Crippen LogP contribution in [0, 0.1) is 0 Å². The zero-order valence-electron chi connectivity index (χ0n) is 31.6. The number of fused-ring (bicyclic) bond motifs is 17. The average molecular weight is 747 g/mol. The smallest absolute Gasteiger partial charge is 0.145 e. The third-order valence-electron chi connectivity index (χ3n) is 13.6. The number of hydrogen-bond donors (Lipinski definition) is 0. The predicted molar refractivity (Wildman–Crippen MR) is 246 cm³/mol. The average Bonchev–Trinajstić information content (AvgIpc) is 4.08. The molecule has 3 heteroatoms. The number of hydrogen-bond acceptors (Lipinski definition) is 1. The zero-order chi connectivity index (χ0) is 38.1. The number of benzene rings is 10. The summed E-state index contributed by atoms with van der Waals surface area (Å²) in [6.07, 6.45) is 0. The fraction of sp³-hybridized carbons (Fsp3) is 0. The Hall–Kier alpha value is -7.88. The summed E-state index contributed by atoms with van der Waals surface area (Å²) in [7, 11) is 0. The summed E-state index contributed by atoms with van der Waals surface area (Å²) in [6, 6.07) is 67.3. The molecule has 0 N–H and O–H groups in total. The van der Waals surface area contributed by atoms with Crippen LogP contribution in [0.3, 0.4) is 0 Å². The van der Waals surface area contributed by atoms with E-state index in [-0.39, 0.29) is 0 Å². The molecular formula is C56H30N2O. The fourth-order valence-corrected chi connectivity index (χ4v) is 11.2. The van der Waals surface area contributed by atoms with Crippen molar-refractivity contribution in [3.05, 3.63) is 182 Å². The number of rotatable bonds is 2. The van der Waals surface area contributed by atoms with Crippen molar-refractivity contribution in [2.45, 2.75) is 0 Å². The fourth-order valence-electron chi connectivity index (χ4n) is 11.2. The Morgan fingerprint density at radius 2 is 0.695 bits per heavy atom. The maximum absolute atomic E-state index is 7.28. The van der Waals surface area contributed by atoms with Gasteiger partial charge in [-0.1, -0.05) is 121 Å². The van der Waals surface area contributed by atoms with Crippen molar-refractivity contribution >= 4 is 87.1 Å². The molecule has 0 amide bonds. The Labute approximate surface area is 337 Å². The first-order valence-electron chi connectivity index (χ1n) is 20.4. The van der Waals surface area contributed by atoms with Crippen molar-refractivity contribution in [1.29, 1.82) is 0 Å². The van der Waals surface area contributed by atoms with Gasteiger partial charge in [0.25, 0.3) is 0 Å². The zero-order valence-corrected chi connectivity index (χ0v) is 31.6. The minimum Gasteiger partial charge on any atom is -0.455 e. The van der Waals surface area contributed by atoms with Gasteiger partial charge in [-0.15, -0.1) is 0 Å². The van der Waals surface area contributed by atoms with Crippen LogP contribution in [0.25, 0.3) is 143 Å². The van der Waals surface area contributed by atoms with Crippen molar-refractivity contribution in [2.75, 3.05) is 0 Å². The maximum Gasteiger partial charge on any atom is 0.145 e. The number of furan rings is 1. The molecule has 270 valence electrons. The van der Waals surface area contributed by atoms with Gasteiger partial charge in [-0.05, 0) is 127 Å². The van der Waals surface area contributed by atoms with E-state index in [0.29, 0.717) is 0 Å². The van der Waals surface area contributed by atoms with Gasteiger partial charge < -0.3 is 13.6 Å². The standard InChI is InChI=1S/C56H30N2O/c1-3-19-47-43(13-1)53-49(57(47)33-21-23-35-37-15-5-9-31-11-7-17-39(51(31)37)45(35)29-33)27-25-41-42-26-28-50-54(56(42)59-55(41)53)44-14-2-4-20-48(44)58(50)34-22-24-36-38-16-6-10-32-12-8-18-40(52(32)38)46(36)30-34/h1-30H. The van der Waals surface area contributed by atoms with E-state index >= 15 is 0 Å². The second-order valence-electron chi connectivity index (χ2n) is 16.4. The molecule has 3 aromatic heterocycles. The largest absolute Gasteiger partial charge is 0.455 e. The molecule has 3 nitrogen and oxygen atoms in total. The lowest BCUT2D eigenvalue weighted by Crippen LogP contribution is -1.94. The first kappa shape index (κ1) is 30.3. The molecule has 2 aliphatic carbocycles. The molecule has 2 aliphatic rings. The van der Waals surface area contributed by atoms with Crippen molar-refractivity contribution in [1.82, 2.24) is 9.13 Å². The second-order valence-corrected chi connectivity index (χ2v) is 16.4. The van der Waals surface area contributed by atoms with Crippen LogP contribution in [0.1, 0.15) is 0 Å². The van der Waals surface area contributed by atoms with E-state index in [1.54, 1.807) is 0 Å². The third-order valence-corrected chi connectivity index (χ3v) is 13.6. The van der Waals surface area contributed by atoms with Gasteiger partial charge >= 0.3 is 0 Å². The Kier molecular flexibility index (Phi) is 5.41. The molecule has 0 unspecified atom stereocenters. The first-order chi connectivity index (χ1) is 29.3. The van der Waals surface area contributed by atoms with Crippen LogP contribution in [-0.4, -0.2) is 9.13 Å². The van der Waals surface area contributed by atoms with Gasteiger partial charge in [-0.3, -0.25) is 0 Å². The molecule has 15 rings (SSSR count). The van der Waals surface area contributed by atoms with E-state index in [2.05, 4.69) is 191 Å². The van der Waals surface area contributed by atoms with E-state index < -0.39 is 0 Å². The van der Waals surface area contributed by atoms with Crippen LogP contribution >= 0.6 is 0 Å². The molecule has 0 fully saturated rings. The first-order valence-corrected chi connectivity index (χ1v) is 20.4. The topological polar surface area (TPSA) is 23.0 Å². The Bertz CT molecular complexity index is 3800. The van der Waals surface area contributed by atoms with Gasteiger partial charge in [0, 0.05) is 32.9 Å². The monoisotopic (exact) mass is 746 g/mol. The summed E-state index contributed by atoms with van der Waals surface area (Å²) >= 11 is 0. The van der Waals surface area contributed by atoms with Crippen LogP contribution in [0.4, 0.5) is 0 Å².